The fraction of sp³-hybridized carbons (Fsp3) is 0.133. The van der Waals surface area contributed by atoms with E-state index in [9.17, 15) is 4.79 Å². The number of hydrogen-bond acceptors (Lipinski definition) is 3. The van der Waals surface area contributed by atoms with Gasteiger partial charge >= 0.3 is 0 Å². The van der Waals surface area contributed by atoms with Crippen molar-refractivity contribution < 1.29 is 9.53 Å². The molecular weight excluding hydrogens is 226 g/mol. The summed E-state index contributed by atoms with van der Waals surface area (Å²) in [7, 11) is 0. The number of benzene rings is 2. The summed E-state index contributed by atoms with van der Waals surface area (Å²) in [5.41, 5.74) is 7.98. The van der Waals surface area contributed by atoms with Crippen molar-refractivity contribution in [3.8, 4) is 11.5 Å². The van der Waals surface area contributed by atoms with Crippen molar-refractivity contribution in [1.29, 1.82) is 0 Å². The van der Waals surface area contributed by atoms with Crippen LogP contribution >= 0.6 is 0 Å². The van der Waals surface area contributed by atoms with E-state index in [-0.39, 0.29) is 5.78 Å². The Bertz CT molecular complexity index is 574. The number of anilines is 1. The monoisotopic (exact) mass is 241 g/mol. The Hall–Kier alpha value is -2.29. The second kappa shape index (κ2) is 4.92. The third-order valence-electron chi connectivity index (χ3n) is 2.59. The Balaban J connectivity index is 2.28. The maximum absolute atomic E-state index is 11.3. The average Bonchev–Trinajstić information content (AvgIpc) is 2.31. The first-order chi connectivity index (χ1) is 8.54. The van der Waals surface area contributed by atoms with E-state index in [1.54, 1.807) is 18.2 Å². The molecule has 0 aliphatic rings. The molecule has 0 atom stereocenters. The first-order valence-corrected chi connectivity index (χ1v) is 5.70. The molecule has 0 spiro atoms. The first kappa shape index (κ1) is 12.2. The van der Waals surface area contributed by atoms with Gasteiger partial charge in [-0.2, -0.15) is 0 Å². The van der Waals surface area contributed by atoms with Crippen molar-refractivity contribution in [1.82, 2.24) is 0 Å². The number of carbonyl (C=O) groups excluding carboxylic acids is 1. The minimum absolute atomic E-state index is 0.0314. The third kappa shape index (κ3) is 2.88. The molecule has 2 aromatic rings. The molecule has 0 aliphatic carbocycles. The molecule has 0 aliphatic heterocycles. The summed E-state index contributed by atoms with van der Waals surface area (Å²) < 4.78 is 5.67. The van der Waals surface area contributed by atoms with Crippen LogP contribution in [0.2, 0.25) is 0 Å². The molecule has 0 unspecified atom stereocenters. The second-order valence-corrected chi connectivity index (χ2v) is 4.26. The van der Waals surface area contributed by atoms with Gasteiger partial charge in [-0.05, 0) is 38.1 Å². The van der Waals surface area contributed by atoms with Gasteiger partial charge < -0.3 is 10.5 Å². The topological polar surface area (TPSA) is 52.3 Å². The van der Waals surface area contributed by atoms with E-state index in [0.29, 0.717) is 17.0 Å². The Morgan fingerprint density at radius 1 is 1.06 bits per heavy atom. The quantitative estimate of drug-likeness (QED) is 0.660. The van der Waals surface area contributed by atoms with Crippen molar-refractivity contribution in [2.45, 2.75) is 13.8 Å². The SMILES string of the molecule is CC(=O)c1cc(N)cc(Oc2ccc(C)cc2)c1. The molecule has 0 bridgehead atoms. The van der Waals surface area contributed by atoms with Crippen LogP contribution in [0.15, 0.2) is 42.5 Å². The van der Waals surface area contributed by atoms with Crippen LogP contribution in [0.1, 0.15) is 22.8 Å². The second-order valence-electron chi connectivity index (χ2n) is 4.26. The predicted molar refractivity (Wildman–Crippen MR) is 72.1 cm³/mol. The summed E-state index contributed by atoms with van der Waals surface area (Å²) in [5.74, 6) is 1.26. The molecule has 0 saturated carbocycles. The molecule has 0 heterocycles. The highest BCUT2D eigenvalue weighted by molar-refractivity contribution is 5.95. The molecule has 0 aromatic heterocycles. The van der Waals surface area contributed by atoms with Gasteiger partial charge in [0.15, 0.2) is 5.78 Å². The van der Waals surface area contributed by atoms with Crippen LogP contribution < -0.4 is 10.5 Å². The summed E-state index contributed by atoms with van der Waals surface area (Å²) in [6.45, 7) is 3.52. The molecule has 3 nitrogen and oxygen atoms in total. The number of Topliss-reactive ketones (excluding diaryl/α,β-unsaturated/α-hetero) is 1. The van der Waals surface area contributed by atoms with E-state index in [1.165, 1.54) is 12.5 Å². The highest BCUT2D eigenvalue weighted by Gasteiger charge is 2.05. The lowest BCUT2D eigenvalue weighted by Gasteiger charge is -2.08. The van der Waals surface area contributed by atoms with Gasteiger partial charge in [-0.25, -0.2) is 0 Å². The van der Waals surface area contributed by atoms with Gasteiger partial charge in [0, 0.05) is 17.3 Å². The normalized spacial score (nSPS) is 10.1. The van der Waals surface area contributed by atoms with Crippen LogP contribution in [-0.4, -0.2) is 5.78 Å². The first-order valence-electron chi connectivity index (χ1n) is 5.70. The van der Waals surface area contributed by atoms with Gasteiger partial charge in [0.25, 0.3) is 0 Å². The van der Waals surface area contributed by atoms with Gasteiger partial charge in [0.2, 0.25) is 0 Å². The fourth-order valence-corrected chi connectivity index (χ4v) is 1.63. The Labute approximate surface area is 106 Å². The zero-order chi connectivity index (χ0) is 13.1. The molecule has 0 fully saturated rings. The maximum Gasteiger partial charge on any atom is 0.160 e. The number of nitrogen functional groups attached to an aromatic ring is 1. The Morgan fingerprint density at radius 3 is 2.33 bits per heavy atom. The third-order valence-corrected chi connectivity index (χ3v) is 2.59. The predicted octanol–water partition coefficient (Wildman–Crippen LogP) is 3.57. The van der Waals surface area contributed by atoms with Gasteiger partial charge in [0.1, 0.15) is 11.5 Å². The molecule has 0 amide bonds. The van der Waals surface area contributed by atoms with E-state index in [0.717, 1.165) is 5.75 Å². The number of ether oxygens (including phenoxy) is 1. The highest BCUT2D eigenvalue weighted by Crippen LogP contribution is 2.25. The van der Waals surface area contributed by atoms with E-state index >= 15 is 0 Å². The fourth-order valence-electron chi connectivity index (χ4n) is 1.63. The molecule has 18 heavy (non-hydrogen) atoms. The van der Waals surface area contributed by atoms with Crippen LogP contribution in [0.5, 0.6) is 11.5 Å². The van der Waals surface area contributed by atoms with Crippen molar-refractivity contribution in [2.75, 3.05) is 5.73 Å². The van der Waals surface area contributed by atoms with Crippen LogP contribution in [0.25, 0.3) is 0 Å². The van der Waals surface area contributed by atoms with E-state index in [4.69, 9.17) is 10.5 Å². The standard InChI is InChI=1S/C15H15NO2/c1-10-3-5-14(6-4-10)18-15-8-12(11(2)17)7-13(16)9-15/h3-9H,16H2,1-2H3. The molecule has 2 rings (SSSR count). The molecule has 3 heteroatoms. The minimum Gasteiger partial charge on any atom is -0.457 e. The average molecular weight is 241 g/mol. The van der Waals surface area contributed by atoms with Crippen molar-refractivity contribution >= 4 is 11.5 Å². The van der Waals surface area contributed by atoms with Gasteiger partial charge in [-0.1, -0.05) is 17.7 Å². The lowest BCUT2D eigenvalue weighted by atomic mass is 10.1. The lowest BCUT2D eigenvalue weighted by molar-refractivity contribution is 0.101. The zero-order valence-corrected chi connectivity index (χ0v) is 10.4. The van der Waals surface area contributed by atoms with Crippen molar-refractivity contribution in [3.63, 3.8) is 0 Å². The molecular formula is C15H15NO2. The van der Waals surface area contributed by atoms with Crippen LogP contribution in [0, 0.1) is 6.92 Å². The summed E-state index contributed by atoms with van der Waals surface area (Å²) in [6, 6.07) is 12.7. The summed E-state index contributed by atoms with van der Waals surface area (Å²) in [6.07, 6.45) is 0. The van der Waals surface area contributed by atoms with Crippen molar-refractivity contribution in [2.24, 2.45) is 0 Å². The Kier molecular flexibility index (Phi) is 3.33. The number of hydrogen-bond donors (Lipinski definition) is 1. The number of aryl methyl sites for hydroxylation is 1. The van der Waals surface area contributed by atoms with Crippen molar-refractivity contribution in [3.05, 3.63) is 53.6 Å². The lowest BCUT2D eigenvalue weighted by Crippen LogP contribution is -1.96. The molecule has 0 radical (unpaired) electrons. The Morgan fingerprint density at radius 2 is 1.72 bits per heavy atom. The van der Waals surface area contributed by atoms with Crippen LogP contribution in [-0.2, 0) is 0 Å². The smallest absolute Gasteiger partial charge is 0.160 e. The molecule has 2 N–H and O–H groups in total. The number of carbonyl (C=O) groups is 1. The maximum atomic E-state index is 11.3. The molecule has 0 saturated heterocycles. The van der Waals surface area contributed by atoms with Gasteiger partial charge in [0.05, 0.1) is 0 Å². The van der Waals surface area contributed by atoms with E-state index < -0.39 is 0 Å². The number of rotatable bonds is 3. The van der Waals surface area contributed by atoms with E-state index in [2.05, 4.69) is 0 Å². The highest BCUT2D eigenvalue weighted by atomic mass is 16.5. The molecule has 92 valence electrons. The van der Waals surface area contributed by atoms with Gasteiger partial charge in [-0.3, -0.25) is 4.79 Å². The largest absolute Gasteiger partial charge is 0.457 e. The van der Waals surface area contributed by atoms with Gasteiger partial charge in [-0.15, -0.1) is 0 Å². The van der Waals surface area contributed by atoms with E-state index in [1.807, 2.05) is 31.2 Å². The zero-order valence-electron chi connectivity index (χ0n) is 10.4. The molecule has 2 aromatic carbocycles. The van der Waals surface area contributed by atoms with Crippen LogP contribution in [0.3, 0.4) is 0 Å². The minimum atomic E-state index is -0.0314. The summed E-state index contributed by atoms with van der Waals surface area (Å²) in [4.78, 5) is 11.3. The summed E-state index contributed by atoms with van der Waals surface area (Å²) >= 11 is 0. The number of ketones is 1. The van der Waals surface area contributed by atoms with Crippen LogP contribution in [0.4, 0.5) is 5.69 Å². The summed E-state index contributed by atoms with van der Waals surface area (Å²) in [5, 5.41) is 0. The number of nitrogens with two attached hydrogens (primary N) is 1.